The Morgan fingerprint density at radius 2 is 2.07 bits per heavy atom. The number of benzene rings is 2. The number of para-hydroxylation sites is 1. The molecule has 1 heterocycles. The van der Waals surface area contributed by atoms with Gasteiger partial charge in [-0.25, -0.2) is 5.43 Å². The first-order valence-corrected chi connectivity index (χ1v) is 8.60. The van der Waals surface area contributed by atoms with Crippen LogP contribution < -0.4 is 14.9 Å². The summed E-state index contributed by atoms with van der Waals surface area (Å²) >= 11 is 0. The van der Waals surface area contributed by atoms with Crippen molar-refractivity contribution in [2.45, 2.75) is 6.92 Å². The predicted molar refractivity (Wildman–Crippen MR) is 105 cm³/mol. The molecule has 0 bridgehead atoms. The highest BCUT2D eigenvalue weighted by molar-refractivity contribution is 5.94. The van der Waals surface area contributed by atoms with Crippen LogP contribution in [0.2, 0.25) is 0 Å². The van der Waals surface area contributed by atoms with Gasteiger partial charge in [-0.3, -0.25) is 9.89 Å². The first-order valence-electron chi connectivity index (χ1n) is 8.60. The Hall–Kier alpha value is -3.81. The molecule has 28 heavy (non-hydrogen) atoms. The van der Waals surface area contributed by atoms with Crippen molar-refractivity contribution in [2.75, 3.05) is 13.7 Å². The standard InChI is InChI=1S/C20H20N4O4/c1-3-28-18-9-8-13(10-19(18)27-2)15-11-16(23-22-15)20(26)24-21-12-14-6-4-5-7-17(14)25/h4-12,25H,3H2,1-2H3,(H,22,23)(H,24,26). The molecule has 1 aromatic heterocycles. The van der Waals surface area contributed by atoms with Gasteiger partial charge in [0.2, 0.25) is 0 Å². The lowest BCUT2D eigenvalue weighted by molar-refractivity contribution is 0.0950. The van der Waals surface area contributed by atoms with Gasteiger partial charge in [-0.05, 0) is 43.3 Å². The van der Waals surface area contributed by atoms with Crippen molar-refractivity contribution in [3.63, 3.8) is 0 Å². The summed E-state index contributed by atoms with van der Waals surface area (Å²) in [7, 11) is 1.56. The van der Waals surface area contributed by atoms with Crippen molar-refractivity contribution in [3.05, 3.63) is 59.8 Å². The molecule has 0 saturated carbocycles. The van der Waals surface area contributed by atoms with Crippen LogP contribution in [0.5, 0.6) is 17.2 Å². The van der Waals surface area contributed by atoms with Crippen molar-refractivity contribution in [1.29, 1.82) is 0 Å². The van der Waals surface area contributed by atoms with Crippen molar-refractivity contribution < 1.29 is 19.4 Å². The number of nitrogens with one attached hydrogen (secondary N) is 2. The number of phenols is 1. The lowest BCUT2D eigenvalue weighted by Crippen LogP contribution is -2.18. The first kappa shape index (κ1) is 19.0. The fourth-order valence-corrected chi connectivity index (χ4v) is 2.50. The number of hydrogen-bond acceptors (Lipinski definition) is 6. The number of ether oxygens (including phenoxy) is 2. The van der Waals surface area contributed by atoms with Gasteiger partial charge >= 0.3 is 0 Å². The van der Waals surface area contributed by atoms with Crippen LogP contribution in [0.15, 0.2) is 53.6 Å². The molecule has 0 spiro atoms. The quantitative estimate of drug-likeness (QED) is 0.431. The average Bonchev–Trinajstić information content (AvgIpc) is 3.20. The van der Waals surface area contributed by atoms with Gasteiger partial charge in [0.25, 0.3) is 5.91 Å². The topological polar surface area (TPSA) is 109 Å². The molecule has 8 nitrogen and oxygen atoms in total. The van der Waals surface area contributed by atoms with Gasteiger partial charge < -0.3 is 14.6 Å². The van der Waals surface area contributed by atoms with E-state index in [0.717, 1.165) is 5.56 Å². The van der Waals surface area contributed by atoms with Crippen LogP contribution in [-0.2, 0) is 0 Å². The summed E-state index contributed by atoms with van der Waals surface area (Å²) in [6, 6.07) is 13.7. The second kappa shape index (κ2) is 8.72. The Bertz CT molecular complexity index is 997. The summed E-state index contributed by atoms with van der Waals surface area (Å²) in [6.07, 6.45) is 1.36. The number of hydrazone groups is 1. The van der Waals surface area contributed by atoms with Gasteiger partial charge in [0.1, 0.15) is 11.4 Å². The van der Waals surface area contributed by atoms with E-state index in [0.29, 0.717) is 29.4 Å². The van der Waals surface area contributed by atoms with Crippen LogP contribution in [0, 0.1) is 0 Å². The van der Waals surface area contributed by atoms with Crippen molar-refractivity contribution >= 4 is 12.1 Å². The first-order chi connectivity index (χ1) is 13.6. The third kappa shape index (κ3) is 4.29. The molecule has 0 unspecified atom stereocenters. The number of carbonyl (C=O) groups excluding carboxylic acids is 1. The summed E-state index contributed by atoms with van der Waals surface area (Å²) in [5.41, 5.74) is 4.49. The Kier molecular flexibility index (Phi) is 5.91. The van der Waals surface area contributed by atoms with E-state index in [1.165, 1.54) is 12.3 Å². The van der Waals surface area contributed by atoms with Crippen molar-refractivity contribution in [3.8, 4) is 28.5 Å². The Balaban J connectivity index is 1.71. The highest BCUT2D eigenvalue weighted by atomic mass is 16.5. The van der Waals surface area contributed by atoms with Crippen LogP contribution in [0.25, 0.3) is 11.3 Å². The highest BCUT2D eigenvalue weighted by Crippen LogP contribution is 2.32. The van der Waals surface area contributed by atoms with E-state index in [4.69, 9.17) is 9.47 Å². The minimum atomic E-state index is -0.455. The number of aromatic amines is 1. The smallest absolute Gasteiger partial charge is 0.289 e. The zero-order chi connectivity index (χ0) is 19.9. The fraction of sp³-hybridized carbons (Fsp3) is 0.150. The lowest BCUT2D eigenvalue weighted by Gasteiger charge is -2.09. The normalized spacial score (nSPS) is 10.8. The monoisotopic (exact) mass is 380 g/mol. The molecule has 2 aromatic carbocycles. The molecule has 0 fully saturated rings. The Labute approximate surface area is 161 Å². The van der Waals surface area contributed by atoms with Gasteiger partial charge in [-0.2, -0.15) is 10.2 Å². The van der Waals surface area contributed by atoms with Crippen molar-refractivity contribution in [2.24, 2.45) is 5.10 Å². The summed E-state index contributed by atoms with van der Waals surface area (Å²) < 4.78 is 10.8. The molecule has 0 aliphatic heterocycles. The maximum Gasteiger partial charge on any atom is 0.289 e. The van der Waals surface area contributed by atoms with Crippen LogP contribution in [0.3, 0.4) is 0 Å². The second-order valence-corrected chi connectivity index (χ2v) is 5.72. The van der Waals surface area contributed by atoms with E-state index in [9.17, 15) is 9.90 Å². The van der Waals surface area contributed by atoms with Gasteiger partial charge in [-0.1, -0.05) is 12.1 Å². The molecule has 0 aliphatic carbocycles. The summed E-state index contributed by atoms with van der Waals surface area (Å²) in [5.74, 6) is 0.846. The predicted octanol–water partition coefficient (Wildman–Crippen LogP) is 2.95. The van der Waals surface area contributed by atoms with E-state index in [1.54, 1.807) is 43.5 Å². The molecule has 8 heteroatoms. The largest absolute Gasteiger partial charge is 0.507 e. The van der Waals surface area contributed by atoms with Gasteiger partial charge in [0, 0.05) is 11.1 Å². The molecule has 3 rings (SSSR count). The van der Waals surface area contributed by atoms with E-state index in [1.807, 2.05) is 13.0 Å². The number of aromatic hydroxyl groups is 1. The summed E-state index contributed by atoms with van der Waals surface area (Å²) in [4.78, 5) is 12.2. The van der Waals surface area contributed by atoms with Crippen LogP contribution in [-0.4, -0.2) is 41.1 Å². The molecule has 1 amide bonds. The summed E-state index contributed by atoms with van der Waals surface area (Å²) in [6.45, 7) is 2.43. The number of carbonyl (C=O) groups is 1. The van der Waals surface area contributed by atoms with Crippen LogP contribution in [0.1, 0.15) is 23.0 Å². The number of aromatic nitrogens is 2. The Morgan fingerprint density at radius 3 is 2.82 bits per heavy atom. The SMILES string of the molecule is CCOc1ccc(-c2cc(C(=O)NN=Cc3ccccc3O)[nH]n2)cc1OC. The molecule has 0 saturated heterocycles. The molecule has 3 N–H and O–H groups in total. The second-order valence-electron chi connectivity index (χ2n) is 5.72. The van der Waals surface area contributed by atoms with Crippen LogP contribution >= 0.6 is 0 Å². The Morgan fingerprint density at radius 1 is 1.25 bits per heavy atom. The maximum absolute atomic E-state index is 12.2. The number of rotatable bonds is 7. The van der Waals surface area contributed by atoms with E-state index in [-0.39, 0.29) is 11.4 Å². The number of hydrogen-bond donors (Lipinski definition) is 3. The van der Waals surface area contributed by atoms with Gasteiger partial charge in [0.15, 0.2) is 11.5 Å². The maximum atomic E-state index is 12.2. The van der Waals surface area contributed by atoms with E-state index >= 15 is 0 Å². The minimum absolute atomic E-state index is 0.0776. The number of phenolic OH excluding ortho intramolecular Hbond substituents is 1. The molecule has 0 radical (unpaired) electrons. The number of H-pyrrole nitrogens is 1. The average molecular weight is 380 g/mol. The zero-order valence-electron chi connectivity index (χ0n) is 15.5. The third-order valence-corrected chi connectivity index (χ3v) is 3.89. The zero-order valence-corrected chi connectivity index (χ0v) is 15.5. The molecule has 144 valence electrons. The number of amides is 1. The molecule has 3 aromatic rings. The lowest BCUT2D eigenvalue weighted by atomic mass is 10.1. The molecule has 0 atom stereocenters. The third-order valence-electron chi connectivity index (χ3n) is 3.89. The van der Waals surface area contributed by atoms with Gasteiger partial charge in [-0.15, -0.1) is 0 Å². The van der Waals surface area contributed by atoms with E-state index < -0.39 is 5.91 Å². The van der Waals surface area contributed by atoms with Gasteiger partial charge in [0.05, 0.1) is 25.6 Å². The summed E-state index contributed by atoms with van der Waals surface area (Å²) in [5, 5.41) is 20.4. The number of nitrogens with zero attached hydrogens (tertiary/aromatic N) is 2. The minimum Gasteiger partial charge on any atom is -0.507 e. The molecular formula is C20H20N4O4. The van der Waals surface area contributed by atoms with Crippen LogP contribution in [0.4, 0.5) is 0 Å². The molecular weight excluding hydrogens is 360 g/mol. The fourth-order valence-electron chi connectivity index (χ4n) is 2.50. The molecule has 0 aliphatic rings. The number of methoxy groups -OCH3 is 1. The highest BCUT2D eigenvalue weighted by Gasteiger charge is 2.13. The van der Waals surface area contributed by atoms with E-state index in [2.05, 4.69) is 20.7 Å². The van der Waals surface area contributed by atoms with Crippen molar-refractivity contribution in [1.82, 2.24) is 15.6 Å².